The van der Waals surface area contributed by atoms with Crippen LogP contribution in [0.1, 0.15) is 72.1 Å². The molecule has 0 fully saturated rings. The Bertz CT molecular complexity index is 2610. The number of rotatable bonds is 8. The summed E-state index contributed by atoms with van der Waals surface area (Å²) in [5.74, 6) is 0.0349. The summed E-state index contributed by atoms with van der Waals surface area (Å²) in [6.45, 7) is 1.82. The van der Waals surface area contributed by atoms with E-state index in [1.807, 2.05) is 35.2 Å². The number of pyridine rings is 1. The third-order valence-electron chi connectivity index (χ3n) is 11.2. The van der Waals surface area contributed by atoms with E-state index >= 15 is 0 Å². The van der Waals surface area contributed by atoms with E-state index in [9.17, 15) is 115 Å². The normalized spacial score (nSPS) is 13.3. The molecule has 0 radical (unpaired) electrons. The number of ketones is 2. The van der Waals surface area contributed by atoms with Gasteiger partial charge in [0.1, 0.15) is 6.15 Å². The van der Waals surface area contributed by atoms with Crippen LogP contribution in [0.5, 0.6) is 0 Å². The predicted molar refractivity (Wildman–Crippen MR) is 217 cm³/mol. The Hall–Kier alpha value is -7.03. The van der Waals surface area contributed by atoms with E-state index in [1.165, 1.54) is 6.92 Å². The molecule has 0 N–H and O–H groups in total. The summed E-state index contributed by atoms with van der Waals surface area (Å²) >= 11 is 0. The molecule has 0 atom stereocenters. The third kappa shape index (κ3) is 13.8. The Morgan fingerprint density at radius 3 is 0.760 bits per heavy atom. The topological polar surface area (TPSA) is 38.0 Å². The summed E-state index contributed by atoms with van der Waals surface area (Å²) < 4.78 is 343. The number of Topliss-reactive ketones (excluding diaryl/α,β-unsaturated/α-hetero) is 2. The molecule has 28 heteroatoms. The number of carbonyl (C=O) groups excluding carboxylic acids is 2. The summed E-state index contributed by atoms with van der Waals surface area (Å²) in [6.07, 6.45) is -51.1. The summed E-state index contributed by atoms with van der Waals surface area (Å²) in [4.78, 5) is 23.1. The summed E-state index contributed by atoms with van der Waals surface area (Å²) in [5, 5.41) is 0. The lowest BCUT2D eigenvalue weighted by Gasteiger charge is -2.46. The van der Waals surface area contributed by atoms with Gasteiger partial charge in [-0.1, -0.05) is 78.9 Å². The van der Waals surface area contributed by atoms with Crippen molar-refractivity contribution in [1.29, 1.82) is 0 Å². The molecule has 0 bridgehead atoms. The molecule has 0 unspecified atom stereocenters. The minimum Gasteiger partial charge on any atom is -0.295 e. The van der Waals surface area contributed by atoms with Gasteiger partial charge in [0.05, 0.1) is 44.5 Å². The molecule has 1 aromatic heterocycles. The van der Waals surface area contributed by atoms with E-state index in [4.69, 9.17) is 0 Å². The van der Waals surface area contributed by atoms with Gasteiger partial charge >= 0.3 is 49.4 Å². The summed E-state index contributed by atoms with van der Waals surface area (Å²) in [6, 6.07) is 3.62. The van der Waals surface area contributed by atoms with Crippen LogP contribution in [-0.4, -0.2) is 17.7 Å². The van der Waals surface area contributed by atoms with E-state index in [-0.39, 0.29) is 11.6 Å². The first-order chi connectivity index (χ1) is 33.9. The zero-order valence-corrected chi connectivity index (χ0v) is 36.7. The molecule has 0 spiro atoms. The number of hydrogen-bond donors (Lipinski definition) is 0. The van der Waals surface area contributed by atoms with Gasteiger partial charge in [0.25, 0.3) is 0 Å². The molecule has 6 aromatic rings. The van der Waals surface area contributed by atoms with Crippen LogP contribution < -0.4 is 26.4 Å². The number of benzene rings is 5. The van der Waals surface area contributed by atoms with E-state index < -0.39 is 195 Å². The number of hydrogen-bond acceptors (Lipinski definition) is 2. The van der Waals surface area contributed by atoms with Gasteiger partial charge in [-0.2, -0.15) is 132 Å². The number of aromatic nitrogens is 1. The maximum Gasteiger partial charge on any atom is 0.416 e. The monoisotopic (exact) mass is 1100 g/mol. The quantitative estimate of drug-likeness (QED) is 0.0659. The van der Waals surface area contributed by atoms with Crippen LogP contribution in [-0.2, 0) is 56.0 Å². The van der Waals surface area contributed by atoms with Crippen LogP contribution in [0.2, 0.25) is 0 Å². The Labute approximate surface area is 404 Å². The average Bonchev–Trinajstić information content (AvgIpc) is 3.27. The summed E-state index contributed by atoms with van der Waals surface area (Å²) in [5.41, 5.74) is -29.0. The molecule has 0 amide bonds. The molecular formula is C47H26BF24NO2. The maximum absolute atomic E-state index is 14.2. The standard InChI is InChI=1S/C32H12BF24.C15H14NO2/c34-25(35,36)13-1-14(26(37,38)39)6-21(5-13)33(22-7-15(27(40,41)42)2-16(8-22)28(43,44)45,23-9-17(29(46,47)48)3-18(10-23)30(49,50)51)24-11-19(31(52,53)54)4-20(12-24)32(55,56)57;1-12(17)13-5-7-14(8-6-13)15(18)11-16-9-3-2-4-10-16/h1-12H;2-10H,11H2,1H3/q-1;+1. The van der Waals surface area contributed by atoms with Gasteiger partial charge in [-0.05, 0) is 31.2 Å². The molecule has 0 aliphatic rings. The highest BCUT2D eigenvalue weighted by molar-refractivity contribution is 7.20. The molecule has 5 aromatic carbocycles. The van der Waals surface area contributed by atoms with Crippen molar-refractivity contribution >= 4 is 39.6 Å². The number of alkyl halides is 24. The van der Waals surface area contributed by atoms with Gasteiger partial charge < -0.3 is 0 Å². The second-order valence-corrected chi connectivity index (χ2v) is 16.3. The van der Waals surface area contributed by atoms with Gasteiger partial charge in [-0.25, -0.2) is 0 Å². The molecule has 6 rings (SSSR count). The van der Waals surface area contributed by atoms with Gasteiger partial charge in [0, 0.05) is 23.3 Å². The fourth-order valence-corrected chi connectivity index (χ4v) is 7.76. The van der Waals surface area contributed by atoms with Crippen LogP contribution in [0, 0.1) is 0 Å². The van der Waals surface area contributed by atoms with Crippen molar-refractivity contribution < 1.29 is 120 Å². The fraction of sp³-hybridized carbons (Fsp3) is 0.213. The molecule has 402 valence electrons. The van der Waals surface area contributed by atoms with Crippen molar-refractivity contribution in [2.24, 2.45) is 0 Å². The highest BCUT2D eigenvalue weighted by atomic mass is 19.4. The molecule has 0 aliphatic carbocycles. The Morgan fingerprint density at radius 1 is 0.347 bits per heavy atom. The van der Waals surface area contributed by atoms with E-state index in [0.29, 0.717) is 17.7 Å². The first-order valence-electron chi connectivity index (χ1n) is 20.4. The number of halogens is 24. The lowest BCUT2D eigenvalue weighted by molar-refractivity contribution is -0.683. The molecule has 0 saturated heterocycles. The fourth-order valence-electron chi connectivity index (χ4n) is 7.76. The van der Waals surface area contributed by atoms with Crippen LogP contribution in [0.3, 0.4) is 0 Å². The van der Waals surface area contributed by atoms with Crippen LogP contribution >= 0.6 is 0 Å². The molecule has 0 aliphatic heterocycles. The minimum absolute atomic E-state index is 0.00596. The molecule has 1 heterocycles. The minimum atomic E-state index is -6.13. The summed E-state index contributed by atoms with van der Waals surface area (Å²) in [7, 11) is 0. The van der Waals surface area contributed by atoms with Crippen molar-refractivity contribution in [3.8, 4) is 0 Å². The number of carbonyl (C=O) groups is 2. The SMILES string of the molecule is CC(=O)c1ccc(C(=O)C[n+]2ccccc2)cc1.FC(F)(F)c1cc([B-](c2cc(C(F)(F)F)cc(C(F)(F)F)c2)(c2cc(C(F)(F)F)cc(C(F)(F)F)c2)c2cc(C(F)(F)F)cc(C(F)(F)F)c2)cc(C(F)(F)F)c1. The Morgan fingerprint density at radius 2 is 0.560 bits per heavy atom. The van der Waals surface area contributed by atoms with Crippen molar-refractivity contribution in [1.82, 2.24) is 0 Å². The van der Waals surface area contributed by atoms with Crippen LogP contribution in [0.4, 0.5) is 105 Å². The molecule has 0 saturated carbocycles. The van der Waals surface area contributed by atoms with Crippen molar-refractivity contribution in [3.63, 3.8) is 0 Å². The zero-order chi connectivity index (χ0) is 56.9. The molecular weight excluding hydrogens is 1080 g/mol. The number of nitrogens with zero attached hydrogens (tertiary/aromatic N) is 1. The zero-order valence-electron chi connectivity index (χ0n) is 36.7. The highest BCUT2D eigenvalue weighted by Crippen LogP contribution is 2.41. The van der Waals surface area contributed by atoms with E-state index in [2.05, 4.69) is 0 Å². The van der Waals surface area contributed by atoms with Gasteiger partial charge in [0.15, 0.2) is 18.2 Å². The Balaban J connectivity index is 0.000000483. The lowest BCUT2D eigenvalue weighted by Crippen LogP contribution is -2.75. The van der Waals surface area contributed by atoms with E-state index in [0.717, 1.165) is 0 Å². The highest BCUT2D eigenvalue weighted by Gasteiger charge is 2.47. The van der Waals surface area contributed by atoms with Crippen molar-refractivity contribution in [3.05, 3.63) is 183 Å². The lowest BCUT2D eigenvalue weighted by atomic mass is 9.12. The van der Waals surface area contributed by atoms with Crippen molar-refractivity contribution in [2.45, 2.75) is 62.9 Å². The first kappa shape index (κ1) is 58.9. The van der Waals surface area contributed by atoms with Gasteiger partial charge in [-0.15, -0.1) is 0 Å². The average molecular weight is 1100 g/mol. The maximum atomic E-state index is 14.2. The Kier molecular flexibility index (Phi) is 15.9. The molecule has 3 nitrogen and oxygen atoms in total. The van der Waals surface area contributed by atoms with Gasteiger partial charge in [-0.3, -0.25) is 9.59 Å². The predicted octanol–water partition coefficient (Wildman–Crippen LogP) is 13.3. The largest absolute Gasteiger partial charge is 0.416 e. The van der Waals surface area contributed by atoms with Crippen LogP contribution in [0.15, 0.2) is 128 Å². The van der Waals surface area contributed by atoms with Crippen molar-refractivity contribution in [2.75, 3.05) is 0 Å². The second kappa shape index (κ2) is 20.3. The van der Waals surface area contributed by atoms with E-state index in [1.54, 1.807) is 24.3 Å². The first-order valence-corrected chi connectivity index (χ1v) is 20.4. The van der Waals surface area contributed by atoms with Crippen LogP contribution in [0.25, 0.3) is 0 Å². The third-order valence-corrected chi connectivity index (χ3v) is 11.2. The second-order valence-electron chi connectivity index (χ2n) is 16.3. The smallest absolute Gasteiger partial charge is 0.295 e. The van der Waals surface area contributed by atoms with Gasteiger partial charge in [0.2, 0.25) is 12.3 Å². The molecule has 75 heavy (non-hydrogen) atoms.